The molecule has 0 spiro atoms. The molecular weight excluding hydrogens is 332 g/mol. The normalized spacial score (nSPS) is 11.6. The minimum atomic E-state index is -4.01. The predicted molar refractivity (Wildman–Crippen MR) is 81.7 cm³/mol. The quantitative estimate of drug-likeness (QED) is 0.761. The van der Waals surface area contributed by atoms with Crippen LogP contribution in [0.4, 0.5) is 5.13 Å². The zero-order valence-corrected chi connectivity index (χ0v) is 12.8. The minimum absolute atomic E-state index is 0.196. The molecule has 0 bridgehead atoms. The van der Waals surface area contributed by atoms with Crippen molar-refractivity contribution >= 4 is 53.9 Å². The van der Waals surface area contributed by atoms with E-state index in [0.29, 0.717) is 10.1 Å². The van der Waals surface area contributed by atoms with Gasteiger partial charge in [0.2, 0.25) is 0 Å². The van der Waals surface area contributed by atoms with Crippen molar-refractivity contribution in [1.82, 2.24) is 4.98 Å². The van der Waals surface area contributed by atoms with Crippen molar-refractivity contribution in [3.8, 4) is 0 Å². The van der Waals surface area contributed by atoms with Crippen molar-refractivity contribution in [2.24, 2.45) is 0 Å². The van der Waals surface area contributed by atoms with Crippen molar-refractivity contribution < 1.29 is 18.3 Å². The van der Waals surface area contributed by atoms with E-state index in [1.165, 1.54) is 6.20 Å². The topological polar surface area (TPSA) is 96.4 Å². The van der Waals surface area contributed by atoms with Crippen LogP contribution in [0, 0.1) is 0 Å². The number of thiophene rings is 1. The Hall–Kier alpha value is -1.97. The molecule has 2 N–H and O–H groups in total. The van der Waals surface area contributed by atoms with Crippen LogP contribution in [0.1, 0.15) is 9.67 Å². The SMILES string of the molecule is O=C(O)c1sc2ccccc2c1S(=O)(=O)Nc1nccs1. The number of anilines is 1. The van der Waals surface area contributed by atoms with Gasteiger partial charge >= 0.3 is 5.97 Å². The lowest BCUT2D eigenvalue weighted by atomic mass is 10.2. The number of rotatable bonds is 4. The fourth-order valence-corrected chi connectivity index (χ4v) is 5.40. The van der Waals surface area contributed by atoms with Crippen molar-refractivity contribution in [2.45, 2.75) is 4.90 Å². The summed E-state index contributed by atoms with van der Waals surface area (Å²) in [6, 6.07) is 6.68. The van der Waals surface area contributed by atoms with Crippen LogP contribution in [0.2, 0.25) is 0 Å². The van der Waals surface area contributed by atoms with E-state index >= 15 is 0 Å². The number of thiazole rings is 1. The van der Waals surface area contributed by atoms with E-state index in [9.17, 15) is 18.3 Å². The third-order valence-electron chi connectivity index (χ3n) is 2.67. The average molecular weight is 340 g/mol. The molecule has 0 unspecified atom stereocenters. The monoisotopic (exact) mass is 340 g/mol. The molecule has 0 aliphatic rings. The number of hydrogen-bond acceptors (Lipinski definition) is 6. The van der Waals surface area contributed by atoms with Crippen molar-refractivity contribution in [2.75, 3.05) is 4.72 Å². The van der Waals surface area contributed by atoms with Crippen LogP contribution in [0.3, 0.4) is 0 Å². The number of nitrogens with one attached hydrogen (secondary N) is 1. The second kappa shape index (κ2) is 5.10. The van der Waals surface area contributed by atoms with Gasteiger partial charge < -0.3 is 5.11 Å². The Morgan fingerprint density at radius 2 is 2.05 bits per heavy atom. The van der Waals surface area contributed by atoms with Crippen LogP contribution in [0.25, 0.3) is 10.1 Å². The van der Waals surface area contributed by atoms with Crippen LogP contribution >= 0.6 is 22.7 Å². The van der Waals surface area contributed by atoms with E-state index in [1.807, 2.05) is 0 Å². The summed E-state index contributed by atoms with van der Waals surface area (Å²) in [6.07, 6.45) is 1.46. The van der Waals surface area contributed by atoms with Gasteiger partial charge in [-0.15, -0.1) is 22.7 Å². The number of fused-ring (bicyclic) bond motifs is 1. The molecule has 2 aromatic heterocycles. The molecule has 1 aromatic carbocycles. The van der Waals surface area contributed by atoms with E-state index in [1.54, 1.807) is 29.6 Å². The van der Waals surface area contributed by atoms with Gasteiger partial charge in [0.25, 0.3) is 10.0 Å². The first-order chi connectivity index (χ1) is 9.99. The first-order valence-corrected chi connectivity index (χ1v) is 8.84. The molecule has 0 aliphatic carbocycles. The number of aromatic nitrogens is 1. The molecule has 0 saturated carbocycles. The Balaban J connectivity index is 2.22. The van der Waals surface area contributed by atoms with Crippen LogP contribution in [-0.4, -0.2) is 24.5 Å². The summed E-state index contributed by atoms with van der Waals surface area (Å²) in [5, 5.41) is 11.5. The van der Waals surface area contributed by atoms with Gasteiger partial charge in [-0.1, -0.05) is 18.2 Å². The molecule has 0 radical (unpaired) electrons. The summed E-state index contributed by atoms with van der Waals surface area (Å²) >= 11 is 2.06. The molecule has 0 saturated heterocycles. The zero-order chi connectivity index (χ0) is 15.0. The van der Waals surface area contributed by atoms with E-state index in [-0.39, 0.29) is 14.9 Å². The van der Waals surface area contributed by atoms with Crippen LogP contribution < -0.4 is 4.72 Å². The molecule has 0 fully saturated rings. The summed E-state index contributed by atoms with van der Waals surface area (Å²) in [4.78, 5) is 14.8. The highest BCUT2D eigenvalue weighted by Gasteiger charge is 2.28. The number of hydrogen-bond donors (Lipinski definition) is 2. The van der Waals surface area contributed by atoms with Gasteiger partial charge in [-0.3, -0.25) is 4.72 Å². The molecule has 6 nitrogen and oxygen atoms in total. The highest BCUT2D eigenvalue weighted by atomic mass is 32.2. The van der Waals surface area contributed by atoms with Crippen molar-refractivity contribution in [1.29, 1.82) is 0 Å². The molecule has 3 aromatic rings. The molecular formula is C12H8N2O4S3. The predicted octanol–water partition coefficient (Wildman–Crippen LogP) is 2.86. The Morgan fingerprint density at radius 1 is 1.29 bits per heavy atom. The molecule has 9 heteroatoms. The Labute approximate surface area is 127 Å². The van der Waals surface area contributed by atoms with Gasteiger partial charge in [0.15, 0.2) is 5.13 Å². The number of aromatic carboxylic acids is 1. The highest BCUT2D eigenvalue weighted by molar-refractivity contribution is 7.93. The minimum Gasteiger partial charge on any atom is -0.477 e. The number of carbonyl (C=O) groups is 1. The summed E-state index contributed by atoms with van der Waals surface area (Å²) in [6.45, 7) is 0. The lowest BCUT2D eigenvalue weighted by Crippen LogP contribution is -2.15. The van der Waals surface area contributed by atoms with E-state index in [4.69, 9.17) is 0 Å². The molecule has 108 valence electrons. The van der Waals surface area contributed by atoms with E-state index in [0.717, 1.165) is 22.7 Å². The maximum absolute atomic E-state index is 12.5. The zero-order valence-electron chi connectivity index (χ0n) is 10.3. The van der Waals surface area contributed by atoms with Gasteiger partial charge in [0.1, 0.15) is 9.77 Å². The number of sulfonamides is 1. The molecule has 0 atom stereocenters. The van der Waals surface area contributed by atoms with Crippen LogP contribution in [0.5, 0.6) is 0 Å². The molecule has 3 rings (SSSR count). The van der Waals surface area contributed by atoms with Gasteiger partial charge in [-0.2, -0.15) is 0 Å². The fourth-order valence-electron chi connectivity index (χ4n) is 1.87. The average Bonchev–Trinajstić information content (AvgIpc) is 3.04. The Kier molecular flexibility index (Phi) is 3.40. The summed E-state index contributed by atoms with van der Waals surface area (Å²) < 4.78 is 27.9. The van der Waals surface area contributed by atoms with Gasteiger partial charge in [-0.05, 0) is 6.07 Å². The third kappa shape index (κ3) is 2.50. The first-order valence-electron chi connectivity index (χ1n) is 5.66. The second-order valence-electron chi connectivity index (χ2n) is 4.00. The number of benzene rings is 1. The lowest BCUT2D eigenvalue weighted by Gasteiger charge is -2.05. The standard InChI is InChI=1S/C12H8N2O4S3/c15-11(16)9-10(7-3-1-2-4-8(7)20-9)21(17,18)14-12-13-5-6-19-12/h1-6H,(H,13,14)(H,15,16). The van der Waals surface area contributed by atoms with Crippen molar-refractivity contribution in [3.05, 3.63) is 40.7 Å². The van der Waals surface area contributed by atoms with Gasteiger partial charge in [0, 0.05) is 21.7 Å². The smallest absolute Gasteiger partial charge is 0.347 e. The summed E-state index contributed by atoms with van der Waals surface area (Å²) in [7, 11) is -4.01. The Bertz CT molecular complexity index is 913. The summed E-state index contributed by atoms with van der Waals surface area (Å²) in [5.41, 5.74) is 0. The van der Waals surface area contributed by atoms with Gasteiger partial charge in [0.05, 0.1) is 0 Å². The van der Waals surface area contributed by atoms with Crippen LogP contribution in [-0.2, 0) is 10.0 Å². The molecule has 0 amide bonds. The maximum atomic E-state index is 12.5. The fraction of sp³-hybridized carbons (Fsp3) is 0. The first kappa shape index (κ1) is 14.0. The number of nitrogens with zero attached hydrogens (tertiary/aromatic N) is 1. The van der Waals surface area contributed by atoms with E-state index in [2.05, 4.69) is 9.71 Å². The van der Waals surface area contributed by atoms with Gasteiger partial charge in [-0.25, -0.2) is 18.2 Å². The summed E-state index contributed by atoms with van der Waals surface area (Å²) in [5.74, 6) is -1.27. The Morgan fingerprint density at radius 3 is 2.71 bits per heavy atom. The number of carboxylic acid groups (broad SMARTS) is 1. The largest absolute Gasteiger partial charge is 0.477 e. The van der Waals surface area contributed by atoms with Crippen LogP contribution in [0.15, 0.2) is 40.7 Å². The molecule has 2 heterocycles. The third-order valence-corrected chi connectivity index (χ3v) is 6.20. The maximum Gasteiger partial charge on any atom is 0.347 e. The lowest BCUT2D eigenvalue weighted by molar-refractivity contribution is 0.0698. The second-order valence-corrected chi connectivity index (χ2v) is 7.57. The van der Waals surface area contributed by atoms with E-state index < -0.39 is 16.0 Å². The number of carboxylic acids is 1. The highest BCUT2D eigenvalue weighted by Crippen LogP contribution is 2.35. The molecule has 21 heavy (non-hydrogen) atoms. The molecule has 0 aliphatic heterocycles. The van der Waals surface area contributed by atoms with Crippen molar-refractivity contribution in [3.63, 3.8) is 0 Å².